The topological polar surface area (TPSA) is 20.3 Å². The van der Waals surface area contributed by atoms with Crippen molar-refractivity contribution in [3.8, 4) is 0 Å². The Bertz CT molecular complexity index is 731. The van der Waals surface area contributed by atoms with E-state index in [1.165, 1.54) is 17.0 Å². The molecule has 3 rings (SSSR count). The molecule has 0 unspecified atom stereocenters. The summed E-state index contributed by atoms with van der Waals surface area (Å²) in [5.41, 5.74) is -0.0713. The van der Waals surface area contributed by atoms with E-state index in [2.05, 4.69) is 12.1 Å². The Morgan fingerprint density at radius 2 is 1.77 bits per heavy atom. The standard InChI is InChI=1S/C20H20F3NOS/c21-20(22,23)17-8-6-15(7-9-17)12-19(25)24-11-10-16(13-24)14-26-18-4-2-1-3-5-18/h1-9,16H,10-14H2/t16-/m0/s1. The van der Waals surface area contributed by atoms with Crippen molar-refractivity contribution < 1.29 is 18.0 Å². The first kappa shape index (κ1) is 18.8. The van der Waals surface area contributed by atoms with Gasteiger partial charge in [-0.05, 0) is 42.2 Å². The first-order chi connectivity index (χ1) is 12.4. The molecule has 0 aromatic heterocycles. The number of likely N-dealkylation sites (tertiary alicyclic amines) is 1. The molecular weight excluding hydrogens is 359 g/mol. The third kappa shape index (κ3) is 5.04. The monoisotopic (exact) mass is 379 g/mol. The summed E-state index contributed by atoms with van der Waals surface area (Å²) in [6.45, 7) is 1.44. The van der Waals surface area contributed by atoms with E-state index in [4.69, 9.17) is 0 Å². The Labute approximate surface area is 155 Å². The minimum atomic E-state index is -4.35. The second kappa shape index (κ2) is 8.16. The van der Waals surface area contributed by atoms with E-state index in [0.29, 0.717) is 11.5 Å². The largest absolute Gasteiger partial charge is 0.416 e. The molecular formula is C20H20F3NOS. The molecule has 26 heavy (non-hydrogen) atoms. The summed E-state index contributed by atoms with van der Waals surface area (Å²) in [5.74, 6) is 1.40. The predicted molar refractivity (Wildman–Crippen MR) is 97.0 cm³/mol. The maximum absolute atomic E-state index is 12.6. The van der Waals surface area contributed by atoms with Crippen molar-refractivity contribution in [3.63, 3.8) is 0 Å². The molecule has 0 radical (unpaired) electrons. The van der Waals surface area contributed by atoms with Gasteiger partial charge in [0.25, 0.3) is 0 Å². The molecule has 138 valence electrons. The van der Waals surface area contributed by atoms with E-state index < -0.39 is 11.7 Å². The van der Waals surface area contributed by atoms with Crippen LogP contribution in [0.4, 0.5) is 13.2 Å². The first-order valence-corrected chi connectivity index (χ1v) is 9.52. The third-order valence-corrected chi connectivity index (χ3v) is 5.75. The molecule has 0 spiro atoms. The van der Waals surface area contributed by atoms with Crippen molar-refractivity contribution in [1.29, 1.82) is 0 Å². The highest BCUT2D eigenvalue weighted by molar-refractivity contribution is 7.99. The molecule has 2 aromatic carbocycles. The average molecular weight is 379 g/mol. The van der Waals surface area contributed by atoms with Crippen molar-refractivity contribution >= 4 is 17.7 Å². The van der Waals surface area contributed by atoms with Crippen molar-refractivity contribution in [2.75, 3.05) is 18.8 Å². The Hall–Kier alpha value is -1.95. The zero-order valence-corrected chi connectivity index (χ0v) is 15.0. The van der Waals surface area contributed by atoms with E-state index in [1.807, 2.05) is 23.1 Å². The maximum Gasteiger partial charge on any atom is 0.416 e. The summed E-state index contributed by atoms with van der Waals surface area (Å²) >= 11 is 1.79. The molecule has 2 nitrogen and oxygen atoms in total. The van der Waals surface area contributed by atoms with Gasteiger partial charge in [-0.25, -0.2) is 0 Å². The molecule has 0 N–H and O–H groups in total. The van der Waals surface area contributed by atoms with Crippen LogP contribution in [0.3, 0.4) is 0 Å². The van der Waals surface area contributed by atoms with Crippen LogP contribution < -0.4 is 0 Å². The van der Waals surface area contributed by atoms with Gasteiger partial charge in [-0.15, -0.1) is 11.8 Å². The highest BCUT2D eigenvalue weighted by Gasteiger charge is 2.30. The molecule has 0 saturated carbocycles. The highest BCUT2D eigenvalue weighted by atomic mass is 32.2. The fourth-order valence-corrected chi connectivity index (χ4v) is 4.07. The van der Waals surface area contributed by atoms with E-state index in [9.17, 15) is 18.0 Å². The van der Waals surface area contributed by atoms with Gasteiger partial charge in [0.2, 0.25) is 5.91 Å². The molecule has 6 heteroatoms. The number of rotatable bonds is 5. The van der Waals surface area contributed by atoms with E-state index in [0.717, 1.165) is 37.4 Å². The fourth-order valence-electron chi connectivity index (χ4n) is 3.02. The molecule has 1 aliphatic heterocycles. The molecule has 1 atom stereocenters. The number of thioether (sulfide) groups is 1. The lowest BCUT2D eigenvalue weighted by molar-refractivity contribution is -0.137. The Kier molecular flexibility index (Phi) is 5.91. The minimum absolute atomic E-state index is 0.0167. The van der Waals surface area contributed by atoms with Crippen LogP contribution in [-0.2, 0) is 17.4 Å². The lowest BCUT2D eigenvalue weighted by Gasteiger charge is -2.17. The molecule has 1 fully saturated rings. The summed E-state index contributed by atoms with van der Waals surface area (Å²) in [6.07, 6.45) is -3.23. The number of alkyl halides is 3. The zero-order valence-electron chi connectivity index (χ0n) is 14.2. The van der Waals surface area contributed by atoms with Crippen molar-refractivity contribution in [2.45, 2.75) is 23.9 Å². The summed E-state index contributed by atoms with van der Waals surface area (Å²) < 4.78 is 37.8. The number of nitrogens with zero attached hydrogens (tertiary/aromatic N) is 1. The second-order valence-corrected chi connectivity index (χ2v) is 7.58. The van der Waals surface area contributed by atoms with Gasteiger partial charge in [0, 0.05) is 23.7 Å². The summed E-state index contributed by atoms with van der Waals surface area (Å²) in [4.78, 5) is 15.5. The molecule has 1 aliphatic rings. The van der Waals surface area contributed by atoms with Crippen LogP contribution in [0.25, 0.3) is 0 Å². The third-order valence-electron chi connectivity index (χ3n) is 4.50. The van der Waals surface area contributed by atoms with Gasteiger partial charge < -0.3 is 4.90 Å². The zero-order chi connectivity index (χ0) is 18.6. The molecule has 0 bridgehead atoms. The van der Waals surface area contributed by atoms with Gasteiger partial charge in [0.15, 0.2) is 0 Å². The quantitative estimate of drug-likeness (QED) is 0.690. The number of carbonyl (C=O) groups is 1. The fraction of sp³-hybridized carbons (Fsp3) is 0.350. The van der Waals surface area contributed by atoms with Gasteiger partial charge in [-0.3, -0.25) is 4.79 Å². The second-order valence-electron chi connectivity index (χ2n) is 6.49. The van der Waals surface area contributed by atoms with E-state index in [1.54, 1.807) is 11.8 Å². The van der Waals surface area contributed by atoms with Gasteiger partial charge in [0.05, 0.1) is 12.0 Å². The summed E-state index contributed by atoms with van der Waals surface area (Å²) in [5, 5.41) is 0. The number of carbonyl (C=O) groups excluding carboxylic acids is 1. The number of hydrogen-bond donors (Lipinski definition) is 0. The molecule has 1 heterocycles. The smallest absolute Gasteiger partial charge is 0.342 e. The van der Waals surface area contributed by atoms with Crippen LogP contribution in [0.15, 0.2) is 59.5 Å². The minimum Gasteiger partial charge on any atom is -0.342 e. The lowest BCUT2D eigenvalue weighted by atomic mass is 10.1. The predicted octanol–water partition coefficient (Wildman–Crippen LogP) is 4.89. The average Bonchev–Trinajstić information content (AvgIpc) is 3.10. The maximum atomic E-state index is 12.6. The van der Waals surface area contributed by atoms with Gasteiger partial charge in [-0.2, -0.15) is 13.2 Å². The van der Waals surface area contributed by atoms with Crippen LogP contribution in [-0.4, -0.2) is 29.6 Å². The van der Waals surface area contributed by atoms with Crippen LogP contribution in [0.5, 0.6) is 0 Å². The van der Waals surface area contributed by atoms with Crippen LogP contribution >= 0.6 is 11.8 Å². The van der Waals surface area contributed by atoms with Crippen LogP contribution in [0.1, 0.15) is 17.5 Å². The number of hydrogen-bond acceptors (Lipinski definition) is 2. The Morgan fingerprint density at radius 3 is 2.42 bits per heavy atom. The van der Waals surface area contributed by atoms with Gasteiger partial charge >= 0.3 is 6.18 Å². The normalized spacial score (nSPS) is 17.5. The lowest BCUT2D eigenvalue weighted by Crippen LogP contribution is -2.30. The number of halogens is 3. The first-order valence-electron chi connectivity index (χ1n) is 8.53. The summed E-state index contributed by atoms with van der Waals surface area (Å²) in [6, 6.07) is 15.0. The van der Waals surface area contributed by atoms with Crippen molar-refractivity contribution in [2.24, 2.45) is 5.92 Å². The van der Waals surface area contributed by atoms with E-state index >= 15 is 0 Å². The van der Waals surface area contributed by atoms with Gasteiger partial charge in [-0.1, -0.05) is 30.3 Å². The highest BCUT2D eigenvalue weighted by Crippen LogP contribution is 2.29. The van der Waals surface area contributed by atoms with Gasteiger partial charge in [0.1, 0.15) is 0 Å². The molecule has 1 saturated heterocycles. The molecule has 1 amide bonds. The Morgan fingerprint density at radius 1 is 1.08 bits per heavy atom. The summed E-state index contributed by atoms with van der Waals surface area (Å²) in [7, 11) is 0. The molecule has 0 aliphatic carbocycles. The Balaban J connectivity index is 1.48. The number of amides is 1. The number of benzene rings is 2. The molecule has 2 aromatic rings. The van der Waals surface area contributed by atoms with E-state index in [-0.39, 0.29) is 12.3 Å². The van der Waals surface area contributed by atoms with Crippen LogP contribution in [0, 0.1) is 5.92 Å². The van der Waals surface area contributed by atoms with Crippen molar-refractivity contribution in [1.82, 2.24) is 4.90 Å². The van der Waals surface area contributed by atoms with Crippen LogP contribution in [0.2, 0.25) is 0 Å². The SMILES string of the molecule is O=C(Cc1ccc(C(F)(F)F)cc1)N1CC[C@H](CSc2ccccc2)C1. The van der Waals surface area contributed by atoms with Crippen molar-refractivity contribution in [3.05, 3.63) is 65.7 Å².